The molecule has 0 aliphatic carbocycles. The molecule has 1 fully saturated rings. The summed E-state index contributed by atoms with van der Waals surface area (Å²) in [5.74, 6) is 1.94. The molecule has 0 bridgehead atoms. The molecule has 1 aliphatic rings. The highest BCUT2D eigenvalue weighted by atomic mass is 16.5. The summed E-state index contributed by atoms with van der Waals surface area (Å²) in [6.45, 7) is 8.68. The summed E-state index contributed by atoms with van der Waals surface area (Å²) in [7, 11) is 1.68. The lowest BCUT2D eigenvalue weighted by atomic mass is 10.1. The maximum absolute atomic E-state index is 5.69. The highest BCUT2D eigenvalue weighted by Gasteiger charge is 2.19. The largest absolute Gasteiger partial charge is 0.491 e. The monoisotopic (exact) mass is 391 g/mol. The lowest BCUT2D eigenvalue weighted by Crippen LogP contribution is -2.46. The Bertz CT molecular complexity index is 935. The van der Waals surface area contributed by atoms with Crippen LogP contribution in [0.25, 0.3) is 22.0 Å². The van der Waals surface area contributed by atoms with E-state index in [0.717, 1.165) is 55.5 Å². The van der Waals surface area contributed by atoms with Crippen molar-refractivity contribution in [3.05, 3.63) is 54.6 Å². The Morgan fingerprint density at radius 2 is 1.69 bits per heavy atom. The molecule has 0 amide bonds. The Hall–Kier alpha value is -2.63. The van der Waals surface area contributed by atoms with E-state index in [-0.39, 0.29) is 0 Å². The molecule has 0 radical (unpaired) electrons. The van der Waals surface area contributed by atoms with Gasteiger partial charge in [-0.15, -0.1) is 0 Å². The zero-order valence-electron chi connectivity index (χ0n) is 17.3. The molecule has 1 aromatic heterocycles. The molecular formula is C24H29N3O2. The van der Waals surface area contributed by atoms with E-state index in [2.05, 4.69) is 59.2 Å². The van der Waals surface area contributed by atoms with Gasteiger partial charge in [0, 0.05) is 44.2 Å². The summed E-state index contributed by atoms with van der Waals surface area (Å²) < 4.78 is 10.7. The van der Waals surface area contributed by atoms with E-state index in [1.54, 1.807) is 7.11 Å². The van der Waals surface area contributed by atoms with Gasteiger partial charge in [0.05, 0.1) is 12.3 Å². The first-order chi connectivity index (χ1) is 14.3. The highest BCUT2D eigenvalue weighted by molar-refractivity contribution is 5.95. The van der Waals surface area contributed by atoms with Gasteiger partial charge < -0.3 is 19.3 Å². The normalized spacial score (nSPS) is 15.0. The van der Waals surface area contributed by atoms with Crippen LogP contribution >= 0.6 is 0 Å². The summed E-state index contributed by atoms with van der Waals surface area (Å²) >= 11 is 0. The van der Waals surface area contributed by atoms with Crippen molar-refractivity contribution in [3.63, 3.8) is 0 Å². The van der Waals surface area contributed by atoms with Crippen LogP contribution in [0, 0.1) is 0 Å². The van der Waals surface area contributed by atoms with Gasteiger partial charge in [-0.1, -0.05) is 31.2 Å². The third-order valence-electron chi connectivity index (χ3n) is 5.55. The molecule has 0 atom stereocenters. The lowest BCUT2D eigenvalue weighted by Gasteiger charge is -2.35. The lowest BCUT2D eigenvalue weighted by molar-refractivity contribution is 0.146. The SMILES string of the molecule is CCN1CCN(c2nc(-c3ccc(OCCOC)cc3)cc3ccccc23)CC1. The molecule has 5 heteroatoms. The maximum atomic E-state index is 5.69. The van der Waals surface area contributed by atoms with Crippen molar-refractivity contribution in [1.82, 2.24) is 9.88 Å². The van der Waals surface area contributed by atoms with Crippen LogP contribution in [0.4, 0.5) is 5.82 Å². The minimum Gasteiger partial charge on any atom is -0.491 e. The van der Waals surface area contributed by atoms with E-state index in [0.29, 0.717) is 13.2 Å². The average molecular weight is 392 g/mol. The molecule has 5 nitrogen and oxygen atoms in total. The molecule has 152 valence electrons. The molecule has 2 aromatic carbocycles. The molecule has 29 heavy (non-hydrogen) atoms. The quantitative estimate of drug-likeness (QED) is 0.568. The number of nitrogens with zero attached hydrogens (tertiary/aromatic N) is 3. The Morgan fingerprint density at radius 1 is 0.931 bits per heavy atom. The average Bonchev–Trinajstić information content (AvgIpc) is 2.79. The second-order valence-electron chi connectivity index (χ2n) is 7.34. The number of aromatic nitrogens is 1. The minimum absolute atomic E-state index is 0.554. The van der Waals surface area contributed by atoms with Crippen LogP contribution in [0.1, 0.15) is 6.92 Å². The van der Waals surface area contributed by atoms with Crippen LogP contribution < -0.4 is 9.64 Å². The first-order valence-corrected chi connectivity index (χ1v) is 10.4. The van der Waals surface area contributed by atoms with Crippen molar-refractivity contribution in [3.8, 4) is 17.0 Å². The minimum atomic E-state index is 0.554. The van der Waals surface area contributed by atoms with E-state index in [9.17, 15) is 0 Å². The van der Waals surface area contributed by atoms with Crippen molar-refractivity contribution in [2.75, 3.05) is 57.9 Å². The Balaban J connectivity index is 1.63. The zero-order chi connectivity index (χ0) is 20.1. The van der Waals surface area contributed by atoms with E-state index >= 15 is 0 Å². The Morgan fingerprint density at radius 3 is 2.41 bits per heavy atom. The van der Waals surface area contributed by atoms with Gasteiger partial charge in [-0.3, -0.25) is 0 Å². The van der Waals surface area contributed by atoms with Gasteiger partial charge >= 0.3 is 0 Å². The number of piperazine rings is 1. The first-order valence-electron chi connectivity index (χ1n) is 10.4. The third-order valence-corrected chi connectivity index (χ3v) is 5.55. The summed E-state index contributed by atoms with van der Waals surface area (Å²) in [5, 5.41) is 2.45. The fourth-order valence-corrected chi connectivity index (χ4v) is 3.81. The molecule has 0 N–H and O–H groups in total. The summed E-state index contributed by atoms with van der Waals surface area (Å²) in [5.41, 5.74) is 2.10. The standard InChI is InChI=1S/C24H29N3O2/c1-3-26-12-14-27(15-13-26)24-22-7-5-4-6-20(22)18-23(25-24)19-8-10-21(11-9-19)29-17-16-28-2/h4-11,18H,3,12-17H2,1-2H3. The summed E-state index contributed by atoms with van der Waals surface area (Å²) in [4.78, 5) is 10.0. The van der Waals surface area contributed by atoms with E-state index in [4.69, 9.17) is 14.5 Å². The van der Waals surface area contributed by atoms with Crippen molar-refractivity contribution < 1.29 is 9.47 Å². The van der Waals surface area contributed by atoms with Crippen molar-refractivity contribution in [2.24, 2.45) is 0 Å². The van der Waals surface area contributed by atoms with Gasteiger partial charge in [0.1, 0.15) is 18.2 Å². The number of pyridine rings is 1. The van der Waals surface area contributed by atoms with Crippen molar-refractivity contribution in [2.45, 2.75) is 6.92 Å². The number of ether oxygens (including phenoxy) is 2. The molecule has 2 heterocycles. The first kappa shape index (κ1) is 19.7. The van der Waals surface area contributed by atoms with Crippen LogP contribution in [-0.2, 0) is 4.74 Å². The Kier molecular flexibility index (Phi) is 6.27. The van der Waals surface area contributed by atoms with E-state index < -0.39 is 0 Å². The zero-order valence-corrected chi connectivity index (χ0v) is 17.3. The fourth-order valence-electron chi connectivity index (χ4n) is 3.81. The fraction of sp³-hybridized carbons (Fsp3) is 0.375. The van der Waals surface area contributed by atoms with E-state index in [1.165, 1.54) is 10.8 Å². The maximum Gasteiger partial charge on any atom is 0.137 e. The second-order valence-corrected chi connectivity index (χ2v) is 7.34. The molecular weight excluding hydrogens is 362 g/mol. The smallest absolute Gasteiger partial charge is 0.137 e. The van der Waals surface area contributed by atoms with Gasteiger partial charge in [0.2, 0.25) is 0 Å². The van der Waals surface area contributed by atoms with Gasteiger partial charge in [-0.2, -0.15) is 0 Å². The van der Waals surface area contributed by atoms with Crippen LogP contribution in [-0.4, -0.2) is 62.9 Å². The van der Waals surface area contributed by atoms with Crippen molar-refractivity contribution >= 4 is 16.6 Å². The summed E-state index contributed by atoms with van der Waals surface area (Å²) in [6, 6.07) is 18.9. The summed E-state index contributed by atoms with van der Waals surface area (Å²) in [6.07, 6.45) is 0. The number of benzene rings is 2. The molecule has 0 spiro atoms. The van der Waals surface area contributed by atoms with Gasteiger partial charge in [-0.05, 0) is 42.3 Å². The molecule has 4 rings (SSSR count). The van der Waals surface area contributed by atoms with Crippen molar-refractivity contribution in [1.29, 1.82) is 0 Å². The molecule has 1 saturated heterocycles. The van der Waals surface area contributed by atoms with Crippen LogP contribution in [0.15, 0.2) is 54.6 Å². The molecule has 1 aliphatic heterocycles. The number of rotatable bonds is 7. The highest BCUT2D eigenvalue weighted by Crippen LogP contribution is 2.31. The van der Waals surface area contributed by atoms with Crippen LogP contribution in [0.5, 0.6) is 5.75 Å². The van der Waals surface area contributed by atoms with E-state index in [1.807, 2.05) is 12.1 Å². The van der Waals surface area contributed by atoms with Crippen LogP contribution in [0.2, 0.25) is 0 Å². The number of anilines is 1. The van der Waals surface area contributed by atoms with Crippen LogP contribution in [0.3, 0.4) is 0 Å². The topological polar surface area (TPSA) is 37.8 Å². The molecule has 0 unspecified atom stereocenters. The van der Waals surface area contributed by atoms with Gasteiger partial charge in [-0.25, -0.2) is 4.98 Å². The number of hydrogen-bond donors (Lipinski definition) is 0. The third kappa shape index (κ3) is 4.52. The predicted molar refractivity (Wildman–Crippen MR) is 119 cm³/mol. The number of methoxy groups -OCH3 is 1. The predicted octanol–water partition coefficient (Wildman–Crippen LogP) is 4.07. The number of fused-ring (bicyclic) bond motifs is 1. The second kappa shape index (κ2) is 9.25. The number of likely N-dealkylation sites (N-methyl/N-ethyl adjacent to an activating group) is 1. The van der Waals surface area contributed by atoms with Gasteiger partial charge in [0.25, 0.3) is 0 Å². The Labute approximate surface area is 172 Å². The van der Waals surface area contributed by atoms with Gasteiger partial charge in [0.15, 0.2) is 0 Å². The molecule has 0 saturated carbocycles. The molecule has 3 aromatic rings. The number of hydrogen-bond acceptors (Lipinski definition) is 5.